The Balaban J connectivity index is 1.79. The Labute approximate surface area is 188 Å². The minimum atomic E-state index is -4.25. The second-order valence-electron chi connectivity index (χ2n) is 6.86. The summed E-state index contributed by atoms with van der Waals surface area (Å²) in [7, 11) is -2.98. The molecule has 0 atom stereocenters. The lowest BCUT2D eigenvalue weighted by Gasteiger charge is -2.14. The average molecular weight is 474 g/mol. The number of sulfonamides is 1. The highest BCUT2D eigenvalue weighted by Gasteiger charge is 2.24. The number of nitrogens with two attached hydrogens (primary N) is 1. The fourth-order valence-corrected chi connectivity index (χ4v) is 4.65. The number of halogens is 2. The van der Waals surface area contributed by atoms with Crippen LogP contribution >= 0.6 is 11.6 Å². The number of fused-ring (bicyclic) bond motifs is 1. The molecule has 3 aromatic heterocycles. The van der Waals surface area contributed by atoms with E-state index in [1.165, 1.54) is 37.6 Å². The Morgan fingerprint density at radius 2 is 1.91 bits per heavy atom. The molecule has 8 nitrogen and oxygen atoms in total. The Hall–Kier alpha value is -3.50. The lowest BCUT2D eigenvalue weighted by molar-refractivity contribution is 0.385. The van der Waals surface area contributed by atoms with E-state index in [1.54, 1.807) is 25.3 Å². The lowest BCUT2D eigenvalue weighted by Crippen LogP contribution is -2.16. The van der Waals surface area contributed by atoms with Crippen molar-refractivity contribution >= 4 is 44.0 Å². The molecular formula is C21H17ClFN5O3S. The molecule has 0 aliphatic heterocycles. The maximum Gasteiger partial charge on any atom is 0.267 e. The maximum atomic E-state index is 15.4. The molecule has 0 saturated carbocycles. The number of aryl methyl sites for hydroxylation is 1. The Kier molecular flexibility index (Phi) is 5.57. The van der Waals surface area contributed by atoms with E-state index in [-0.39, 0.29) is 27.0 Å². The van der Waals surface area contributed by atoms with Gasteiger partial charge in [0.1, 0.15) is 5.82 Å². The molecule has 4 rings (SSSR count). The maximum absolute atomic E-state index is 15.4. The van der Waals surface area contributed by atoms with Crippen LogP contribution in [0.1, 0.15) is 5.69 Å². The topological polar surface area (TPSA) is 120 Å². The molecule has 3 heterocycles. The van der Waals surface area contributed by atoms with Crippen LogP contribution in [0.15, 0.2) is 53.7 Å². The van der Waals surface area contributed by atoms with Crippen LogP contribution in [0.5, 0.6) is 5.88 Å². The summed E-state index contributed by atoms with van der Waals surface area (Å²) in [5, 5.41) is 0.757. The Morgan fingerprint density at radius 3 is 2.66 bits per heavy atom. The number of rotatable bonds is 5. The third-order valence-electron chi connectivity index (χ3n) is 4.71. The van der Waals surface area contributed by atoms with Crippen molar-refractivity contribution in [2.45, 2.75) is 11.8 Å². The number of methoxy groups -OCH3 is 1. The predicted molar refractivity (Wildman–Crippen MR) is 121 cm³/mol. The molecule has 11 heteroatoms. The molecule has 3 N–H and O–H groups in total. The molecule has 0 aliphatic carbocycles. The standard InChI is InChI=1S/C21H17ClFN5O3S/c1-11-15(6-12-9-25-19(24)8-17(12)27-11)14-4-3-5-16(20(14)23)28-32(29,30)18-7-13(22)10-26-21(18)31-2/h3-10,28H,1-2H3,(H2,24,25). The van der Waals surface area contributed by atoms with Gasteiger partial charge in [-0.05, 0) is 25.1 Å². The monoisotopic (exact) mass is 473 g/mol. The first-order valence-electron chi connectivity index (χ1n) is 9.23. The van der Waals surface area contributed by atoms with Crippen LogP contribution < -0.4 is 15.2 Å². The van der Waals surface area contributed by atoms with Crippen LogP contribution in [0.4, 0.5) is 15.9 Å². The van der Waals surface area contributed by atoms with Crippen molar-refractivity contribution in [3.8, 4) is 17.0 Å². The zero-order valence-electron chi connectivity index (χ0n) is 16.9. The number of nitrogens with zero attached hydrogens (tertiary/aromatic N) is 3. The first kappa shape index (κ1) is 21.7. The van der Waals surface area contributed by atoms with Gasteiger partial charge in [-0.15, -0.1) is 0 Å². The van der Waals surface area contributed by atoms with Gasteiger partial charge in [0.2, 0.25) is 5.88 Å². The summed E-state index contributed by atoms with van der Waals surface area (Å²) < 4.78 is 48.5. The number of anilines is 2. The van der Waals surface area contributed by atoms with E-state index >= 15 is 4.39 Å². The molecule has 1 aromatic carbocycles. The summed E-state index contributed by atoms with van der Waals surface area (Å²) in [6.07, 6.45) is 2.79. The van der Waals surface area contributed by atoms with E-state index in [2.05, 4.69) is 19.7 Å². The third-order valence-corrected chi connectivity index (χ3v) is 6.28. The van der Waals surface area contributed by atoms with E-state index in [4.69, 9.17) is 22.1 Å². The summed E-state index contributed by atoms with van der Waals surface area (Å²) in [5.74, 6) is -0.608. The van der Waals surface area contributed by atoms with Crippen molar-refractivity contribution in [2.24, 2.45) is 0 Å². The molecular weight excluding hydrogens is 457 g/mol. The van der Waals surface area contributed by atoms with Gasteiger partial charge < -0.3 is 10.5 Å². The number of ether oxygens (including phenoxy) is 1. The van der Waals surface area contributed by atoms with Gasteiger partial charge in [-0.2, -0.15) is 0 Å². The molecule has 0 unspecified atom stereocenters. The van der Waals surface area contributed by atoms with Crippen molar-refractivity contribution in [1.29, 1.82) is 0 Å². The third kappa shape index (κ3) is 4.02. The van der Waals surface area contributed by atoms with E-state index in [0.717, 1.165) is 0 Å². The highest BCUT2D eigenvalue weighted by Crippen LogP contribution is 2.33. The number of nitrogens with one attached hydrogen (secondary N) is 1. The number of benzene rings is 1. The Bertz CT molecular complexity index is 1460. The van der Waals surface area contributed by atoms with Crippen LogP contribution in [0.3, 0.4) is 0 Å². The highest BCUT2D eigenvalue weighted by atomic mass is 35.5. The second kappa shape index (κ2) is 8.21. The molecule has 0 fully saturated rings. The molecule has 0 bridgehead atoms. The average Bonchev–Trinajstić information content (AvgIpc) is 2.75. The van der Waals surface area contributed by atoms with Crippen molar-refractivity contribution < 1.29 is 17.5 Å². The highest BCUT2D eigenvalue weighted by molar-refractivity contribution is 7.92. The van der Waals surface area contributed by atoms with Crippen molar-refractivity contribution in [2.75, 3.05) is 17.6 Å². The van der Waals surface area contributed by atoms with Gasteiger partial charge in [0.25, 0.3) is 10.0 Å². The van der Waals surface area contributed by atoms with Gasteiger partial charge in [0.15, 0.2) is 10.7 Å². The summed E-state index contributed by atoms with van der Waals surface area (Å²) in [6, 6.07) is 8.91. The molecule has 0 amide bonds. The quantitative estimate of drug-likeness (QED) is 0.446. The number of aromatic nitrogens is 3. The molecule has 164 valence electrons. The van der Waals surface area contributed by atoms with E-state index in [0.29, 0.717) is 28.0 Å². The fourth-order valence-electron chi connectivity index (χ4n) is 3.22. The molecule has 0 radical (unpaired) electrons. The number of hydrogen-bond donors (Lipinski definition) is 2. The van der Waals surface area contributed by atoms with Crippen LogP contribution in [-0.2, 0) is 10.0 Å². The molecule has 0 saturated heterocycles. The fraction of sp³-hybridized carbons (Fsp3) is 0.0952. The first-order chi connectivity index (χ1) is 15.2. The second-order valence-corrected chi connectivity index (χ2v) is 8.94. The molecule has 0 aliphatic rings. The summed E-state index contributed by atoms with van der Waals surface area (Å²) in [6.45, 7) is 1.73. The minimum absolute atomic E-state index is 0.0903. The summed E-state index contributed by atoms with van der Waals surface area (Å²) >= 11 is 5.89. The van der Waals surface area contributed by atoms with Crippen LogP contribution in [-0.4, -0.2) is 30.5 Å². The van der Waals surface area contributed by atoms with Gasteiger partial charge in [0, 0.05) is 40.7 Å². The van der Waals surface area contributed by atoms with Crippen molar-refractivity contribution in [3.63, 3.8) is 0 Å². The molecule has 4 aromatic rings. The normalized spacial score (nSPS) is 11.5. The number of nitrogen functional groups attached to an aromatic ring is 1. The minimum Gasteiger partial charge on any atom is -0.480 e. The van der Waals surface area contributed by atoms with Gasteiger partial charge >= 0.3 is 0 Å². The first-order valence-corrected chi connectivity index (χ1v) is 11.1. The number of hydrogen-bond acceptors (Lipinski definition) is 7. The van der Waals surface area contributed by atoms with Crippen LogP contribution in [0.25, 0.3) is 22.0 Å². The smallest absolute Gasteiger partial charge is 0.267 e. The predicted octanol–water partition coefficient (Wildman–Crippen LogP) is 4.18. The van der Waals surface area contributed by atoms with Gasteiger partial charge in [-0.25, -0.2) is 22.8 Å². The molecule has 0 spiro atoms. The zero-order valence-corrected chi connectivity index (χ0v) is 18.5. The molecule has 32 heavy (non-hydrogen) atoms. The van der Waals surface area contributed by atoms with Gasteiger partial charge in [0.05, 0.1) is 23.3 Å². The van der Waals surface area contributed by atoms with Crippen LogP contribution in [0, 0.1) is 12.7 Å². The van der Waals surface area contributed by atoms with Gasteiger partial charge in [-0.3, -0.25) is 9.71 Å². The lowest BCUT2D eigenvalue weighted by atomic mass is 10.0. The van der Waals surface area contributed by atoms with E-state index < -0.39 is 15.8 Å². The van der Waals surface area contributed by atoms with Crippen molar-refractivity contribution in [1.82, 2.24) is 15.0 Å². The SMILES string of the molecule is COc1ncc(Cl)cc1S(=O)(=O)Nc1cccc(-c2cc3cnc(N)cc3nc2C)c1F. The van der Waals surface area contributed by atoms with E-state index in [9.17, 15) is 8.42 Å². The largest absolute Gasteiger partial charge is 0.480 e. The number of pyridine rings is 3. The van der Waals surface area contributed by atoms with Gasteiger partial charge in [-0.1, -0.05) is 23.7 Å². The zero-order chi connectivity index (χ0) is 23.0. The Morgan fingerprint density at radius 1 is 1.12 bits per heavy atom. The summed E-state index contributed by atoms with van der Waals surface area (Å²) in [4.78, 5) is 12.0. The van der Waals surface area contributed by atoms with E-state index in [1.807, 2.05) is 0 Å². The van der Waals surface area contributed by atoms with Crippen molar-refractivity contribution in [3.05, 3.63) is 65.3 Å². The summed E-state index contributed by atoms with van der Waals surface area (Å²) in [5.41, 5.74) is 7.28. The van der Waals surface area contributed by atoms with Crippen LogP contribution in [0.2, 0.25) is 5.02 Å².